The maximum absolute atomic E-state index is 9.92. The van der Waals surface area contributed by atoms with Crippen LogP contribution in [-0.4, -0.2) is 11.2 Å². The lowest BCUT2D eigenvalue weighted by Gasteiger charge is -2.25. The van der Waals surface area contributed by atoms with Crippen LogP contribution in [-0.2, 0) is 6.42 Å². The van der Waals surface area contributed by atoms with E-state index in [0.29, 0.717) is 0 Å². The molecule has 0 aliphatic heterocycles. The zero-order valence-electron chi connectivity index (χ0n) is 11.0. The molecule has 16 heavy (non-hydrogen) atoms. The topological polar surface area (TPSA) is 20.2 Å². The zero-order valence-corrected chi connectivity index (χ0v) is 11.0. The molecular formula is C15H24O. The maximum atomic E-state index is 9.92. The molecule has 0 aliphatic rings. The van der Waals surface area contributed by atoms with Gasteiger partial charge in [0, 0.05) is 0 Å². The fourth-order valence-electron chi connectivity index (χ4n) is 1.80. The fraction of sp³-hybridized carbons (Fsp3) is 0.600. The monoisotopic (exact) mass is 220 g/mol. The van der Waals surface area contributed by atoms with Crippen LogP contribution < -0.4 is 0 Å². The summed E-state index contributed by atoms with van der Waals surface area (Å²) in [5.41, 5.74) is 2.70. The predicted octanol–water partition coefficient (Wildman–Crippen LogP) is 3.72. The van der Waals surface area contributed by atoms with E-state index in [-0.39, 0.29) is 11.5 Å². The quantitative estimate of drug-likeness (QED) is 0.820. The van der Waals surface area contributed by atoms with Crippen molar-refractivity contribution in [1.82, 2.24) is 0 Å². The molecule has 1 heteroatoms. The van der Waals surface area contributed by atoms with E-state index in [1.807, 2.05) is 0 Å². The number of benzene rings is 1. The SMILES string of the molecule is Cc1cccc(CCCC(O)C(C)(C)C)c1. The summed E-state index contributed by atoms with van der Waals surface area (Å²) >= 11 is 0. The van der Waals surface area contributed by atoms with Gasteiger partial charge in [-0.25, -0.2) is 0 Å². The van der Waals surface area contributed by atoms with Crippen LogP contribution in [0.15, 0.2) is 24.3 Å². The van der Waals surface area contributed by atoms with Crippen molar-refractivity contribution in [2.75, 3.05) is 0 Å². The Morgan fingerprint density at radius 1 is 1.25 bits per heavy atom. The molecule has 1 nitrogen and oxygen atoms in total. The van der Waals surface area contributed by atoms with Gasteiger partial charge in [0.1, 0.15) is 0 Å². The Morgan fingerprint density at radius 2 is 1.94 bits per heavy atom. The first kappa shape index (κ1) is 13.2. The summed E-state index contributed by atoms with van der Waals surface area (Å²) in [6.07, 6.45) is 2.81. The highest BCUT2D eigenvalue weighted by Crippen LogP contribution is 2.23. The van der Waals surface area contributed by atoms with Gasteiger partial charge in [-0.2, -0.15) is 0 Å². The Hall–Kier alpha value is -0.820. The van der Waals surface area contributed by atoms with Crippen LogP contribution in [0, 0.1) is 12.3 Å². The molecule has 1 N–H and O–H groups in total. The molecule has 1 atom stereocenters. The van der Waals surface area contributed by atoms with Crippen molar-refractivity contribution in [3.8, 4) is 0 Å². The molecule has 0 spiro atoms. The number of aliphatic hydroxyl groups is 1. The zero-order chi connectivity index (χ0) is 12.2. The van der Waals surface area contributed by atoms with Crippen LogP contribution in [0.5, 0.6) is 0 Å². The summed E-state index contributed by atoms with van der Waals surface area (Å²) in [5, 5.41) is 9.92. The van der Waals surface area contributed by atoms with E-state index in [4.69, 9.17) is 0 Å². The normalized spacial score (nSPS) is 13.8. The molecule has 0 aromatic heterocycles. The summed E-state index contributed by atoms with van der Waals surface area (Å²) in [5.74, 6) is 0. The smallest absolute Gasteiger partial charge is 0.0588 e. The second-order valence-corrected chi connectivity index (χ2v) is 5.76. The predicted molar refractivity (Wildman–Crippen MR) is 69.6 cm³/mol. The number of hydrogen-bond acceptors (Lipinski definition) is 1. The Morgan fingerprint density at radius 3 is 2.50 bits per heavy atom. The first-order valence-corrected chi connectivity index (χ1v) is 6.13. The Balaban J connectivity index is 2.36. The second-order valence-electron chi connectivity index (χ2n) is 5.76. The third-order valence-corrected chi connectivity index (χ3v) is 3.03. The van der Waals surface area contributed by atoms with Gasteiger partial charge in [0.2, 0.25) is 0 Å². The molecule has 0 aliphatic carbocycles. The van der Waals surface area contributed by atoms with Gasteiger partial charge in [-0.3, -0.25) is 0 Å². The van der Waals surface area contributed by atoms with E-state index >= 15 is 0 Å². The van der Waals surface area contributed by atoms with Gasteiger partial charge in [0.05, 0.1) is 6.10 Å². The fourth-order valence-corrected chi connectivity index (χ4v) is 1.80. The van der Waals surface area contributed by atoms with Crippen LogP contribution >= 0.6 is 0 Å². The maximum Gasteiger partial charge on any atom is 0.0588 e. The van der Waals surface area contributed by atoms with Crippen molar-refractivity contribution < 1.29 is 5.11 Å². The van der Waals surface area contributed by atoms with Crippen molar-refractivity contribution in [2.24, 2.45) is 5.41 Å². The van der Waals surface area contributed by atoms with Crippen molar-refractivity contribution >= 4 is 0 Å². The van der Waals surface area contributed by atoms with Crippen LogP contribution in [0.3, 0.4) is 0 Å². The van der Waals surface area contributed by atoms with Gasteiger partial charge in [-0.1, -0.05) is 50.6 Å². The molecule has 1 aromatic rings. The molecule has 0 bridgehead atoms. The Kier molecular flexibility index (Phi) is 4.55. The third kappa shape index (κ3) is 4.36. The van der Waals surface area contributed by atoms with Crippen molar-refractivity contribution in [2.45, 2.75) is 53.1 Å². The molecule has 0 amide bonds. The number of hydrogen-bond donors (Lipinski definition) is 1. The molecular weight excluding hydrogens is 196 g/mol. The Bertz CT molecular complexity index is 322. The van der Waals surface area contributed by atoms with Crippen molar-refractivity contribution in [3.05, 3.63) is 35.4 Å². The van der Waals surface area contributed by atoms with Gasteiger partial charge in [-0.05, 0) is 37.2 Å². The molecule has 0 radical (unpaired) electrons. The van der Waals surface area contributed by atoms with Crippen LogP contribution in [0.4, 0.5) is 0 Å². The summed E-state index contributed by atoms with van der Waals surface area (Å²) < 4.78 is 0. The van der Waals surface area contributed by atoms with E-state index < -0.39 is 0 Å². The average molecular weight is 220 g/mol. The summed E-state index contributed by atoms with van der Waals surface area (Å²) in [7, 11) is 0. The molecule has 0 saturated heterocycles. The minimum atomic E-state index is -0.197. The third-order valence-electron chi connectivity index (χ3n) is 3.03. The van der Waals surface area contributed by atoms with Gasteiger partial charge in [-0.15, -0.1) is 0 Å². The minimum Gasteiger partial charge on any atom is -0.393 e. The number of aliphatic hydroxyl groups excluding tert-OH is 1. The summed E-state index contributed by atoms with van der Waals surface area (Å²) in [6.45, 7) is 8.38. The summed E-state index contributed by atoms with van der Waals surface area (Å²) in [4.78, 5) is 0. The van der Waals surface area contributed by atoms with Crippen LogP contribution in [0.25, 0.3) is 0 Å². The lowest BCUT2D eigenvalue weighted by atomic mass is 9.86. The molecule has 0 heterocycles. The minimum absolute atomic E-state index is 0.00655. The molecule has 1 unspecified atom stereocenters. The lowest BCUT2D eigenvalue weighted by Crippen LogP contribution is -2.25. The highest BCUT2D eigenvalue weighted by atomic mass is 16.3. The molecule has 0 saturated carbocycles. The molecule has 0 fully saturated rings. The van der Waals surface area contributed by atoms with E-state index in [2.05, 4.69) is 52.0 Å². The highest BCUT2D eigenvalue weighted by Gasteiger charge is 2.21. The van der Waals surface area contributed by atoms with Crippen molar-refractivity contribution in [3.63, 3.8) is 0 Å². The van der Waals surface area contributed by atoms with Gasteiger partial charge < -0.3 is 5.11 Å². The van der Waals surface area contributed by atoms with E-state index in [1.54, 1.807) is 0 Å². The lowest BCUT2D eigenvalue weighted by molar-refractivity contribution is 0.0540. The molecule has 90 valence electrons. The van der Waals surface area contributed by atoms with Crippen LogP contribution in [0.2, 0.25) is 0 Å². The van der Waals surface area contributed by atoms with Gasteiger partial charge >= 0.3 is 0 Å². The largest absolute Gasteiger partial charge is 0.393 e. The molecule has 1 rings (SSSR count). The van der Waals surface area contributed by atoms with Gasteiger partial charge in [0.25, 0.3) is 0 Å². The van der Waals surface area contributed by atoms with Gasteiger partial charge in [0.15, 0.2) is 0 Å². The summed E-state index contributed by atoms with van der Waals surface area (Å²) in [6, 6.07) is 8.61. The number of rotatable bonds is 4. The van der Waals surface area contributed by atoms with E-state index in [1.165, 1.54) is 11.1 Å². The number of aryl methyl sites for hydroxylation is 2. The van der Waals surface area contributed by atoms with Crippen LogP contribution in [0.1, 0.15) is 44.7 Å². The van der Waals surface area contributed by atoms with E-state index in [0.717, 1.165) is 19.3 Å². The Labute approximate surface area is 99.5 Å². The average Bonchev–Trinajstić information content (AvgIpc) is 2.16. The standard InChI is InChI=1S/C15H24O/c1-12-7-5-8-13(11-12)9-6-10-14(16)15(2,3)4/h5,7-8,11,14,16H,6,9-10H2,1-4H3. The first-order valence-electron chi connectivity index (χ1n) is 6.13. The second kappa shape index (κ2) is 5.49. The molecule has 1 aromatic carbocycles. The van der Waals surface area contributed by atoms with E-state index in [9.17, 15) is 5.11 Å². The highest BCUT2D eigenvalue weighted by molar-refractivity contribution is 5.22. The first-order chi connectivity index (χ1) is 7.39. The van der Waals surface area contributed by atoms with Crippen molar-refractivity contribution in [1.29, 1.82) is 0 Å².